The number of hydrogen-bond acceptors (Lipinski definition) is 4. The van der Waals surface area contributed by atoms with Gasteiger partial charge < -0.3 is 9.88 Å². The third kappa shape index (κ3) is 2.45. The van der Waals surface area contributed by atoms with Crippen molar-refractivity contribution < 1.29 is 0 Å². The van der Waals surface area contributed by atoms with Crippen LogP contribution >= 0.6 is 0 Å². The Bertz CT molecular complexity index is 626. The van der Waals surface area contributed by atoms with Crippen molar-refractivity contribution in [2.24, 2.45) is 0 Å². The molecule has 0 aromatic carbocycles. The monoisotopic (exact) mass is 300 g/mol. The molecule has 0 saturated heterocycles. The number of aromatic nitrogens is 5. The molecule has 118 valence electrons. The number of hydrogen-bond donors (Lipinski definition) is 1. The summed E-state index contributed by atoms with van der Waals surface area (Å²) in [6.07, 6.45) is 8.22. The van der Waals surface area contributed by atoms with E-state index in [0.29, 0.717) is 5.92 Å². The van der Waals surface area contributed by atoms with E-state index in [1.165, 1.54) is 25.7 Å². The SMILES string of the molecule is CCn1nc(C2CCCC2)nc1-c1cn2c(n1)CCNCC2. The van der Waals surface area contributed by atoms with Gasteiger partial charge in [-0.3, -0.25) is 0 Å². The smallest absolute Gasteiger partial charge is 0.178 e. The number of nitrogens with zero attached hydrogens (tertiary/aromatic N) is 5. The normalized spacial score (nSPS) is 19.3. The standard InChI is InChI=1S/C16H24N6/c1-2-22-16(19-15(20-22)12-5-3-4-6-12)13-11-21-10-9-17-8-7-14(21)18-13/h11-12,17H,2-10H2,1H3. The summed E-state index contributed by atoms with van der Waals surface area (Å²) in [7, 11) is 0. The molecule has 0 radical (unpaired) electrons. The molecular weight excluding hydrogens is 276 g/mol. The fraction of sp³-hybridized carbons (Fsp3) is 0.688. The van der Waals surface area contributed by atoms with E-state index in [0.717, 1.165) is 55.8 Å². The summed E-state index contributed by atoms with van der Waals surface area (Å²) in [5.74, 6) is 3.68. The molecule has 1 N–H and O–H groups in total. The van der Waals surface area contributed by atoms with Gasteiger partial charge >= 0.3 is 0 Å². The third-order valence-corrected chi connectivity index (χ3v) is 4.85. The Hall–Kier alpha value is -1.69. The Balaban J connectivity index is 1.69. The van der Waals surface area contributed by atoms with Gasteiger partial charge in [0.15, 0.2) is 11.6 Å². The Morgan fingerprint density at radius 3 is 2.91 bits per heavy atom. The molecule has 0 atom stereocenters. The highest BCUT2D eigenvalue weighted by Gasteiger charge is 2.24. The zero-order valence-corrected chi connectivity index (χ0v) is 13.3. The predicted octanol–water partition coefficient (Wildman–Crippen LogP) is 1.96. The number of rotatable bonds is 3. The molecule has 1 saturated carbocycles. The van der Waals surface area contributed by atoms with Gasteiger partial charge in [0.2, 0.25) is 0 Å². The quantitative estimate of drug-likeness (QED) is 0.941. The molecule has 2 aliphatic rings. The second-order valence-electron chi connectivity index (χ2n) is 6.33. The van der Waals surface area contributed by atoms with Gasteiger partial charge in [-0.15, -0.1) is 0 Å². The molecule has 3 heterocycles. The van der Waals surface area contributed by atoms with Crippen LogP contribution in [0.15, 0.2) is 6.20 Å². The van der Waals surface area contributed by atoms with E-state index in [2.05, 4.69) is 23.0 Å². The molecule has 0 spiro atoms. The van der Waals surface area contributed by atoms with Crippen LogP contribution in [0.4, 0.5) is 0 Å². The van der Waals surface area contributed by atoms with Crippen molar-refractivity contribution in [1.82, 2.24) is 29.6 Å². The number of nitrogens with one attached hydrogen (secondary N) is 1. The van der Waals surface area contributed by atoms with E-state index in [1.807, 2.05) is 4.68 Å². The first-order valence-electron chi connectivity index (χ1n) is 8.57. The van der Waals surface area contributed by atoms with E-state index < -0.39 is 0 Å². The first-order chi connectivity index (χ1) is 10.8. The fourth-order valence-electron chi connectivity index (χ4n) is 3.61. The third-order valence-electron chi connectivity index (χ3n) is 4.85. The van der Waals surface area contributed by atoms with E-state index in [-0.39, 0.29) is 0 Å². The van der Waals surface area contributed by atoms with Gasteiger partial charge in [-0.25, -0.2) is 14.6 Å². The highest BCUT2D eigenvalue weighted by molar-refractivity contribution is 5.49. The van der Waals surface area contributed by atoms with Crippen molar-refractivity contribution in [1.29, 1.82) is 0 Å². The summed E-state index contributed by atoms with van der Waals surface area (Å²) in [6.45, 7) is 5.97. The summed E-state index contributed by atoms with van der Waals surface area (Å²) in [5.41, 5.74) is 0.982. The molecule has 0 bridgehead atoms. The van der Waals surface area contributed by atoms with Gasteiger partial charge in [-0.1, -0.05) is 12.8 Å². The molecule has 1 fully saturated rings. The van der Waals surface area contributed by atoms with E-state index in [1.54, 1.807) is 0 Å². The van der Waals surface area contributed by atoms with Crippen molar-refractivity contribution in [2.45, 2.75) is 58.0 Å². The lowest BCUT2D eigenvalue weighted by Gasteiger charge is -2.01. The highest BCUT2D eigenvalue weighted by atomic mass is 15.4. The second kappa shape index (κ2) is 5.83. The lowest BCUT2D eigenvalue weighted by molar-refractivity contribution is 0.614. The van der Waals surface area contributed by atoms with E-state index in [9.17, 15) is 0 Å². The molecule has 22 heavy (non-hydrogen) atoms. The lowest BCUT2D eigenvalue weighted by Crippen LogP contribution is -2.17. The van der Waals surface area contributed by atoms with Crippen molar-refractivity contribution in [3.8, 4) is 11.5 Å². The van der Waals surface area contributed by atoms with Crippen LogP contribution in [0.3, 0.4) is 0 Å². The minimum Gasteiger partial charge on any atom is -0.333 e. The zero-order valence-electron chi connectivity index (χ0n) is 13.3. The molecule has 0 amide bonds. The molecule has 4 rings (SSSR count). The number of imidazole rings is 1. The predicted molar refractivity (Wildman–Crippen MR) is 84.7 cm³/mol. The molecular formula is C16H24N6. The summed E-state index contributed by atoms with van der Waals surface area (Å²) < 4.78 is 4.29. The van der Waals surface area contributed by atoms with Gasteiger partial charge in [0, 0.05) is 44.7 Å². The first-order valence-corrected chi connectivity index (χ1v) is 8.57. The zero-order chi connectivity index (χ0) is 14.9. The minimum atomic E-state index is 0.552. The largest absolute Gasteiger partial charge is 0.333 e. The molecule has 1 aliphatic heterocycles. The van der Waals surface area contributed by atoms with Crippen molar-refractivity contribution in [2.75, 3.05) is 13.1 Å². The van der Waals surface area contributed by atoms with Crippen molar-refractivity contribution in [3.05, 3.63) is 17.8 Å². The van der Waals surface area contributed by atoms with Gasteiger partial charge in [0.05, 0.1) is 0 Å². The van der Waals surface area contributed by atoms with Crippen LogP contribution in [0, 0.1) is 0 Å². The van der Waals surface area contributed by atoms with Crippen molar-refractivity contribution >= 4 is 0 Å². The lowest BCUT2D eigenvalue weighted by atomic mass is 10.1. The van der Waals surface area contributed by atoms with Gasteiger partial charge in [-0.2, -0.15) is 5.10 Å². The Morgan fingerprint density at radius 1 is 1.23 bits per heavy atom. The molecule has 2 aromatic rings. The Kier molecular flexibility index (Phi) is 3.70. The second-order valence-corrected chi connectivity index (χ2v) is 6.33. The summed E-state index contributed by atoms with van der Waals surface area (Å²) >= 11 is 0. The number of fused-ring (bicyclic) bond motifs is 1. The summed E-state index contributed by atoms with van der Waals surface area (Å²) in [5, 5.41) is 8.17. The van der Waals surface area contributed by atoms with Crippen LogP contribution in [0.5, 0.6) is 0 Å². The van der Waals surface area contributed by atoms with Crippen LogP contribution in [0.1, 0.15) is 50.2 Å². The average Bonchev–Trinajstić information content (AvgIpc) is 3.23. The van der Waals surface area contributed by atoms with Crippen LogP contribution in [-0.4, -0.2) is 37.4 Å². The highest BCUT2D eigenvalue weighted by Crippen LogP contribution is 2.33. The molecule has 0 unspecified atom stereocenters. The van der Waals surface area contributed by atoms with E-state index >= 15 is 0 Å². The van der Waals surface area contributed by atoms with Gasteiger partial charge in [-0.05, 0) is 19.8 Å². The van der Waals surface area contributed by atoms with Crippen LogP contribution < -0.4 is 5.32 Å². The summed E-state index contributed by atoms with van der Waals surface area (Å²) in [6, 6.07) is 0. The maximum atomic E-state index is 4.86. The van der Waals surface area contributed by atoms with Gasteiger partial charge in [0.1, 0.15) is 11.5 Å². The van der Waals surface area contributed by atoms with E-state index in [4.69, 9.17) is 15.1 Å². The maximum absolute atomic E-state index is 4.86. The van der Waals surface area contributed by atoms with Crippen molar-refractivity contribution in [3.63, 3.8) is 0 Å². The van der Waals surface area contributed by atoms with Crippen LogP contribution in [0.25, 0.3) is 11.5 Å². The number of aryl methyl sites for hydroxylation is 1. The summed E-state index contributed by atoms with van der Waals surface area (Å²) in [4.78, 5) is 9.69. The Labute approximate surface area is 131 Å². The Morgan fingerprint density at radius 2 is 2.09 bits per heavy atom. The van der Waals surface area contributed by atoms with Crippen LogP contribution in [0.2, 0.25) is 0 Å². The topological polar surface area (TPSA) is 60.6 Å². The fourth-order valence-corrected chi connectivity index (χ4v) is 3.61. The van der Waals surface area contributed by atoms with Gasteiger partial charge in [0.25, 0.3) is 0 Å². The molecule has 6 nitrogen and oxygen atoms in total. The molecule has 6 heteroatoms. The minimum absolute atomic E-state index is 0.552. The molecule has 1 aliphatic carbocycles. The molecule has 2 aromatic heterocycles. The maximum Gasteiger partial charge on any atom is 0.178 e. The first kappa shape index (κ1) is 13.9. The van der Waals surface area contributed by atoms with Crippen LogP contribution in [-0.2, 0) is 19.5 Å². The average molecular weight is 300 g/mol.